The van der Waals surface area contributed by atoms with Gasteiger partial charge in [0.05, 0.1) is 11.5 Å². The van der Waals surface area contributed by atoms with E-state index in [1.54, 1.807) is 18.3 Å². The summed E-state index contributed by atoms with van der Waals surface area (Å²) < 4.78 is 1.99. The van der Waals surface area contributed by atoms with E-state index in [-0.39, 0.29) is 10.6 Å². The van der Waals surface area contributed by atoms with Crippen LogP contribution in [0.5, 0.6) is 0 Å². The Kier molecular flexibility index (Phi) is 3.79. The fourth-order valence-electron chi connectivity index (χ4n) is 1.91. The molecule has 1 N–H and O–H groups in total. The SMILES string of the molecule is CCn1ccnc1CNc1ccc(C)cc1[N+](=O)[O-]. The molecule has 2 aromatic rings. The predicted molar refractivity (Wildman–Crippen MR) is 73.1 cm³/mol. The minimum atomic E-state index is -0.373. The monoisotopic (exact) mass is 260 g/mol. The summed E-state index contributed by atoms with van der Waals surface area (Å²) in [5.41, 5.74) is 1.48. The molecule has 2 rings (SSSR count). The van der Waals surface area contributed by atoms with Crippen LogP contribution in [0.3, 0.4) is 0 Å². The summed E-state index contributed by atoms with van der Waals surface area (Å²) >= 11 is 0. The van der Waals surface area contributed by atoms with Crippen LogP contribution in [0.2, 0.25) is 0 Å². The first kappa shape index (κ1) is 13.1. The highest BCUT2D eigenvalue weighted by Crippen LogP contribution is 2.25. The van der Waals surface area contributed by atoms with Crippen LogP contribution in [-0.2, 0) is 13.1 Å². The molecule has 1 aromatic carbocycles. The minimum Gasteiger partial charge on any atom is -0.372 e. The molecule has 0 fully saturated rings. The molecule has 0 aliphatic carbocycles. The van der Waals surface area contributed by atoms with Crippen molar-refractivity contribution >= 4 is 11.4 Å². The summed E-state index contributed by atoms with van der Waals surface area (Å²) in [6.07, 6.45) is 3.62. The number of hydrogen-bond acceptors (Lipinski definition) is 4. The van der Waals surface area contributed by atoms with Gasteiger partial charge in [-0.2, -0.15) is 0 Å². The number of hydrogen-bond donors (Lipinski definition) is 1. The second kappa shape index (κ2) is 5.51. The number of nitrogens with zero attached hydrogens (tertiary/aromatic N) is 3. The molecule has 100 valence electrons. The minimum absolute atomic E-state index is 0.0922. The van der Waals surface area contributed by atoms with Gasteiger partial charge < -0.3 is 9.88 Å². The molecule has 19 heavy (non-hydrogen) atoms. The smallest absolute Gasteiger partial charge is 0.292 e. The van der Waals surface area contributed by atoms with Crippen LogP contribution in [-0.4, -0.2) is 14.5 Å². The molecular weight excluding hydrogens is 244 g/mol. The van der Waals surface area contributed by atoms with E-state index in [1.807, 2.05) is 30.7 Å². The maximum absolute atomic E-state index is 11.0. The van der Waals surface area contributed by atoms with Crippen molar-refractivity contribution in [2.24, 2.45) is 0 Å². The Hall–Kier alpha value is -2.37. The Morgan fingerprint density at radius 3 is 2.95 bits per heavy atom. The molecule has 0 spiro atoms. The summed E-state index contributed by atoms with van der Waals surface area (Å²) in [6.45, 7) is 5.15. The molecule has 0 unspecified atom stereocenters. The quantitative estimate of drug-likeness (QED) is 0.662. The van der Waals surface area contributed by atoms with Crippen LogP contribution in [0, 0.1) is 17.0 Å². The van der Waals surface area contributed by atoms with E-state index in [4.69, 9.17) is 0 Å². The van der Waals surface area contributed by atoms with Gasteiger partial charge in [0.25, 0.3) is 5.69 Å². The predicted octanol–water partition coefficient (Wildman–Crippen LogP) is 2.73. The normalized spacial score (nSPS) is 10.4. The maximum Gasteiger partial charge on any atom is 0.292 e. The van der Waals surface area contributed by atoms with Gasteiger partial charge in [0.2, 0.25) is 0 Å². The molecule has 0 atom stereocenters. The first-order chi connectivity index (χ1) is 9.11. The number of rotatable bonds is 5. The number of nitro benzene ring substituents is 1. The topological polar surface area (TPSA) is 73.0 Å². The van der Waals surface area contributed by atoms with Gasteiger partial charge in [-0.25, -0.2) is 4.98 Å². The Bertz CT molecular complexity index is 592. The zero-order valence-electron chi connectivity index (χ0n) is 11.0. The standard InChI is InChI=1S/C13H16N4O2/c1-3-16-7-6-14-13(16)9-15-11-5-4-10(2)8-12(11)17(18)19/h4-8,15H,3,9H2,1-2H3. The lowest BCUT2D eigenvalue weighted by Crippen LogP contribution is -2.08. The van der Waals surface area contributed by atoms with E-state index < -0.39 is 0 Å². The van der Waals surface area contributed by atoms with Gasteiger partial charge in [0, 0.05) is 25.0 Å². The van der Waals surface area contributed by atoms with Crippen LogP contribution < -0.4 is 5.32 Å². The highest BCUT2D eigenvalue weighted by Gasteiger charge is 2.13. The Balaban J connectivity index is 2.18. The van der Waals surface area contributed by atoms with Crippen molar-refractivity contribution in [1.29, 1.82) is 0 Å². The first-order valence-electron chi connectivity index (χ1n) is 6.10. The van der Waals surface area contributed by atoms with Crippen LogP contribution in [0.25, 0.3) is 0 Å². The van der Waals surface area contributed by atoms with E-state index in [0.717, 1.165) is 17.9 Å². The Morgan fingerprint density at radius 2 is 2.26 bits per heavy atom. The van der Waals surface area contributed by atoms with E-state index in [9.17, 15) is 10.1 Å². The molecule has 0 saturated heterocycles. The fraction of sp³-hybridized carbons (Fsp3) is 0.308. The van der Waals surface area contributed by atoms with Crippen molar-refractivity contribution in [3.63, 3.8) is 0 Å². The number of aromatic nitrogens is 2. The van der Waals surface area contributed by atoms with Crippen molar-refractivity contribution in [3.8, 4) is 0 Å². The molecule has 0 bridgehead atoms. The maximum atomic E-state index is 11.0. The molecule has 0 aliphatic heterocycles. The Labute approximate surface area is 111 Å². The van der Waals surface area contributed by atoms with Gasteiger partial charge in [-0.05, 0) is 25.5 Å². The number of nitro groups is 1. The molecular formula is C13H16N4O2. The number of imidazole rings is 1. The van der Waals surface area contributed by atoms with Gasteiger partial charge in [-0.1, -0.05) is 6.07 Å². The lowest BCUT2D eigenvalue weighted by atomic mass is 10.2. The third-order valence-corrected chi connectivity index (χ3v) is 2.93. The van der Waals surface area contributed by atoms with Crippen molar-refractivity contribution in [2.45, 2.75) is 26.9 Å². The third-order valence-electron chi connectivity index (χ3n) is 2.93. The van der Waals surface area contributed by atoms with Crippen molar-refractivity contribution < 1.29 is 4.92 Å². The van der Waals surface area contributed by atoms with Crippen molar-refractivity contribution in [1.82, 2.24) is 9.55 Å². The number of nitrogens with one attached hydrogen (secondary N) is 1. The lowest BCUT2D eigenvalue weighted by molar-refractivity contribution is -0.384. The van der Waals surface area contributed by atoms with Crippen molar-refractivity contribution in [2.75, 3.05) is 5.32 Å². The van der Waals surface area contributed by atoms with Crippen LogP contribution in [0.15, 0.2) is 30.6 Å². The molecule has 0 saturated carbocycles. The summed E-state index contributed by atoms with van der Waals surface area (Å²) in [5, 5.41) is 14.1. The van der Waals surface area contributed by atoms with Crippen LogP contribution in [0.1, 0.15) is 18.3 Å². The first-order valence-corrected chi connectivity index (χ1v) is 6.10. The van der Waals surface area contributed by atoms with Gasteiger partial charge in [0.15, 0.2) is 0 Å². The highest BCUT2D eigenvalue weighted by atomic mass is 16.6. The van der Waals surface area contributed by atoms with Gasteiger partial charge >= 0.3 is 0 Å². The number of benzene rings is 1. The second-order valence-corrected chi connectivity index (χ2v) is 4.26. The van der Waals surface area contributed by atoms with E-state index in [1.165, 1.54) is 0 Å². The second-order valence-electron chi connectivity index (χ2n) is 4.26. The van der Waals surface area contributed by atoms with Crippen molar-refractivity contribution in [3.05, 3.63) is 52.1 Å². The fourth-order valence-corrected chi connectivity index (χ4v) is 1.91. The highest BCUT2D eigenvalue weighted by molar-refractivity contribution is 5.62. The largest absolute Gasteiger partial charge is 0.372 e. The molecule has 0 aliphatic rings. The molecule has 1 aromatic heterocycles. The zero-order chi connectivity index (χ0) is 13.8. The molecule has 0 amide bonds. The third kappa shape index (κ3) is 2.90. The lowest BCUT2D eigenvalue weighted by Gasteiger charge is -2.08. The molecule has 0 radical (unpaired) electrons. The van der Waals surface area contributed by atoms with Gasteiger partial charge in [-0.3, -0.25) is 10.1 Å². The van der Waals surface area contributed by atoms with Gasteiger partial charge in [0.1, 0.15) is 11.5 Å². The van der Waals surface area contributed by atoms with Crippen LogP contribution in [0.4, 0.5) is 11.4 Å². The van der Waals surface area contributed by atoms with E-state index >= 15 is 0 Å². The van der Waals surface area contributed by atoms with Crippen LogP contribution >= 0.6 is 0 Å². The van der Waals surface area contributed by atoms with Gasteiger partial charge in [-0.15, -0.1) is 0 Å². The molecule has 6 heteroatoms. The van der Waals surface area contributed by atoms with E-state index in [2.05, 4.69) is 10.3 Å². The molecule has 1 heterocycles. The summed E-state index contributed by atoms with van der Waals surface area (Å²) in [7, 11) is 0. The average Bonchev–Trinajstić information content (AvgIpc) is 2.84. The van der Waals surface area contributed by atoms with E-state index in [0.29, 0.717) is 12.2 Å². The number of anilines is 1. The summed E-state index contributed by atoms with van der Waals surface area (Å²) in [5.74, 6) is 0.859. The average molecular weight is 260 g/mol. The number of aryl methyl sites for hydroxylation is 2. The summed E-state index contributed by atoms with van der Waals surface area (Å²) in [4.78, 5) is 14.9. The summed E-state index contributed by atoms with van der Waals surface area (Å²) in [6, 6.07) is 5.14. The Morgan fingerprint density at radius 1 is 1.47 bits per heavy atom. The molecule has 6 nitrogen and oxygen atoms in total. The zero-order valence-corrected chi connectivity index (χ0v) is 11.0.